The summed E-state index contributed by atoms with van der Waals surface area (Å²) in [6.07, 6.45) is -10.7. The highest BCUT2D eigenvalue weighted by Crippen LogP contribution is 2.31. The first kappa shape index (κ1) is 13.4. The molecule has 0 N–H and O–H groups in total. The molecule has 0 spiro atoms. The Morgan fingerprint density at radius 2 is 1.65 bits per heavy atom. The highest BCUT2D eigenvalue weighted by Gasteiger charge is 2.33. The maximum absolute atomic E-state index is 12.2. The van der Waals surface area contributed by atoms with Crippen molar-refractivity contribution in [1.82, 2.24) is 0 Å². The molecular formula is C10H5F6N. The van der Waals surface area contributed by atoms with Crippen LogP contribution in [-0.2, 0) is 12.6 Å². The second-order valence-corrected chi connectivity index (χ2v) is 3.27. The summed E-state index contributed by atoms with van der Waals surface area (Å²) in [5.74, 6) is 0. The van der Waals surface area contributed by atoms with Gasteiger partial charge in [-0.25, -0.2) is 0 Å². The molecule has 17 heavy (non-hydrogen) atoms. The molecule has 0 aliphatic heterocycles. The van der Waals surface area contributed by atoms with Gasteiger partial charge in [0.25, 0.3) is 0 Å². The fourth-order valence-corrected chi connectivity index (χ4v) is 1.23. The maximum Gasteiger partial charge on any atom is 0.416 e. The predicted molar refractivity (Wildman–Crippen MR) is 45.9 cm³/mol. The average molecular weight is 253 g/mol. The topological polar surface area (TPSA) is 23.8 Å². The van der Waals surface area contributed by atoms with Crippen LogP contribution in [0.15, 0.2) is 18.2 Å². The van der Waals surface area contributed by atoms with E-state index in [0.29, 0.717) is 18.2 Å². The zero-order chi connectivity index (χ0) is 13.3. The molecule has 0 aliphatic carbocycles. The molecule has 0 aromatic heterocycles. The van der Waals surface area contributed by atoms with Gasteiger partial charge in [-0.2, -0.15) is 31.6 Å². The Kier molecular flexibility index (Phi) is 3.36. The van der Waals surface area contributed by atoms with Crippen LogP contribution in [0.5, 0.6) is 0 Å². The van der Waals surface area contributed by atoms with Gasteiger partial charge in [0.2, 0.25) is 0 Å². The minimum Gasteiger partial charge on any atom is -0.192 e. The molecule has 0 bridgehead atoms. The van der Waals surface area contributed by atoms with Gasteiger partial charge in [-0.15, -0.1) is 0 Å². The molecule has 7 heteroatoms. The molecule has 0 aliphatic rings. The summed E-state index contributed by atoms with van der Waals surface area (Å²) in [7, 11) is 0. The number of benzene rings is 1. The van der Waals surface area contributed by atoms with Crippen LogP contribution in [0.3, 0.4) is 0 Å². The van der Waals surface area contributed by atoms with Gasteiger partial charge in [-0.3, -0.25) is 0 Å². The number of nitriles is 1. The van der Waals surface area contributed by atoms with Gasteiger partial charge in [0.05, 0.1) is 23.6 Å². The Morgan fingerprint density at radius 3 is 2.06 bits per heavy atom. The third-order valence-electron chi connectivity index (χ3n) is 1.95. The monoisotopic (exact) mass is 253 g/mol. The molecule has 0 fully saturated rings. The molecule has 0 atom stereocenters. The van der Waals surface area contributed by atoms with E-state index in [1.165, 1.54) is 6.07 Å². The normalized spacial score (nSPS) is 12.3. The summed E-state index contributed by atoms with van der Waals surface area (Å²) in [6.45, 7) is 0. The van der Waals surface area contributed by atoms with Crippen LogP contribution in [0.4, 0.5) is 26.3 Å². The summed E-state index contributed by atoms with van der Waals surface area (Å²) in [5.41, 5.74) is -2.22. The first-order valence-corrected chi connectivity index (χ1v) is 4.30. The van der Waals surface area contributed by atoms with E-state index in [1.807, 2.05) is 0 Å². The highest BCUT2D eigenvalue weighted by molar-refractivity contribution is 5.42. The molecule has 0 amide bonds. The molecule has 92 valence electrons. The largest absolute Gasteiger partial charge is 0.416 e. The minimum atomic E-state index is -4.68. The van der Waals surface area contributed by atoms with Crippen molar-refractivity contribution < 1.29 is 26.3 Å². The number of hydrogen-bond acceptors (Lipinski definition) is 1. The first-order valence-electron chi connectivity index (χ1n) is 4.30. The van der Waals surface area contributed by atoms with E-state index in [9.17, 15) is 26.3 Å². The van der Waals surface area contributed by atoms with Gasteiger partial charge >= 0.3 is 12.4 Å². The zero-order valence-electron chi connectivity index (χ0n) is 8.15. The van der Waals surface area contributed by atoms with Crippen LogP contribution >= 0.6 is 0 Å². The molecule has 0 saturated heterocycles. The van der Waals surface area contributed by atoms with Crippen molar-refractivity contribution in [3.63, 3.8) is 0 Å². The van der Waals surface area contributed by atoms with Crippen LogP contribution in [0, 0.1) is 11.3 Å². The lowest BCUT2D eigenvalue weighted by molar-refractivity contribution is -0.137. The number of nitrogens with zero attached hydrogens (tertiary/aromatic N) is 1. The summed E-state index contributed by atoms with van der Waals surface area (Å²) >= 11 is 0. The summed E-state index contributed by atoms with van der Waals surface area (Å²) in [4.78, 5) is 0. The molecule has 1 aromatic rings. The van der Waals surface area contributed by atoms with Crippen molar-refractivity contribution in [2.45, 2.75) is 18.8 Å². The van der Waals surface area contributed by atoms with E-state index in [2.05, 4.69) is 0 Å². The van der Waals surface area contributed by atoms with Crippen molar-refractivity contribution in [3.8, 4) is 6.07 Å². The van der Waals surface area contributed by atoms with Crippen molar-refractivity contribution >= 4 is 0 Å². The van der Waals surface area contributed by atoms with E-state index in [0.717, 1.165) is 0 Å². The predicted octanol–water partition coefficient (Wildman–Crippen LogP) is 3.68. The Balaban J connectivity index is 3.16. The van der Waals surface area contributed by atoms with Gasteiger partial charge in [0.15, 0.2) is 0 Å². The lowest BCUT2D eigenvalue weighted by atomic mass is 10.0. The van der Waals surface area contributed by atoms with Crippen LogP contribution in [0.2, 0.25) is 0 Å². The highest BCUT2D eigenvalue weighted by atomic mass is 19.4. The van der Waals surface area contributed by atoms with Crippen molar-refractivity contribution in [2.75, 3.05) is 0 Å². The van der Waals surface area contributed by atoms with E-state index < -0.39 is 35.5 Å². The number of alkyl halides is 6. The van der Waals surface area contributed by atoms with Crippen LogP contribution < -0.4 is 0 Å². The fourth-order valence-electron chi connectivity index (χ4n) is 1.23. The molecule has 0 heterocycles. The average Bonchev–Trinajstić information content (AvgIpc) is 2.14. The zero-order valence-corrected chi connectivity index (χ0v) is 8.15. The Labute approximate surface area is 92.3 Å². The number of rotatable bonds is 1. The molecule has 1 nitrogen and oxygen atoms in total. The second kappa shape index (κ2) is 4.28. The molecule has 0 unspecified atom stereocenters. The van der Waals surface area contributed by atoms with Crippen molar-refractivity contribution in [2.24, 2.45) is 0 Å². The first-order chi connectivity index (χ1) is 7.63. The Hall–Kier alpha value is -1.71. The lowest BCUT2D eigenvalue weighted by Crippen LogP contribution is -2.13. The van der Waals surface area contributed by atoms with Gasteiger partial charge in [0, 0.05) is 0 Å². The fraction of sp³-hybridized carbons (Fsp3) is 0.300. The second-order valence-electron chi connectivity index (χ2n) is 3.27. The van der Waals surface area contributed by atoms with Crippen molar-refractivity contribution in [1.29, 1.82) is 5.26 Å². The molecule has 1 aromatic carbocycles. The maximum atomic E-state index is 12.2. The van der Waals surface area contributed by atoms with Crippen molar-refractivity contribution in [3.05, 3.63) is 34.9 Å². The summed E-state index contributed by atoms with van der Waals surface area (Å²) in [5, 5.41) is 8.52. The molecule has 0 radical (unpaired) electrons. The molecule has 0 saturated carbocycles. The smallest absolute Gasteiger partial charge is 0.192 e. The van der Waals surface area contributed by atoms with Crippen LogP contribution in [-0.4, -0.2) is 6.18 Å². The summed E-state index contributed by atoms with van der Waals surface area (Å²) < 4.78 is 72.9. The SMILES string of the molecule is N#Cc1cc(C(F)(F)F)ccc1CC(F)(F)F. The lowest BCUT2D eigenvalue weighted by Gasteiger charge is -2.11. The van der Waals surface area contributed by atoms with Gasteiger partial charge in [-0.05, 0) is 17.7 Å². The van der Waals surface area contributed by atoms with E-state index in [-0.39, 0.29) is 0 Å². The third-order valence-corrected chi connectivity index (χ3v) is 1.95. The van der Waals surface area contributed by atoms with Gasteiger partial charge in [-0.1, -0.05) is 6.07 Å². The summed E-state index contributed by atoms with van der Waals surface area (Å²) in [6, 6.07) is 2.95. The van der Waals surface area contributed by atoms with Gasteiger partial charge < -0.3 is 0 Å². The molecular weight excluding hydrogens is 248 g/mol. The van der Waals surface area contributed by atoms with E-state index in [1.54, 1.807) is 0 Å². The number of halogens is 6. The standard InChI is InChI=1S/C10H5F6N/c11-9(12,13)4-6-1-2-8(10(14,15)16)3-7(6)5-17/h1-3H,4H2. The van der Waals surface area contributed by atoms with E-state index >= 15 is 0 Å². The van der Waals surface area contributed by atoms with Gasteiger partial charge in [0.1, 0.15) is 0 Å². The Bertz CT molecular complexity index is 451. The third kappa shape index (κ3) is 3.66. The van der Waals surface area contributed by atoms with E-state index in [4.69, 9.17) is 5.26 Å². The van der Waals surface area contributed by atoms with Crippen LogP contribution in [0.25, 0.3) is 0 Å². The molecule has 1 rings (SSSR count). The Morgan fingerprint density at radius 1 is 1.06 bits per heavy atom. The number of hydrogen-bond donors (Lipinski definition) is 0. The minimum absolute atomic E-state index is 0.418. The quantitative estimate of drug-likeness (QED) is 0.700. The van der Waals surface area contributed by atoms with Crippen LogP contribution in [0.1, 0.15) is 16.7 Å².